The summed E-state index contributed by atoms with van der Waals surface area (Å²) in [5.74, 6) is -0.234. The lowest BCUT2D eigenvalue weighted by Crippen LogP contribution is -2.52. The van der Waals surface area contributed by atoms with Gasteiger partial charge in [0.05, 0.1) is 0 Å². The minimum absolute atomic E-state index is 0.00385. The fourth-order valence-corrected chi connectivity index (χ4v) is 3.98. The van der Waals surface area contributed by atoms with E-state index < -0.39 is 6.04 Å². The molecule has 2 N–H and O–H groups in total. The van der Waals surface area contributed by atoms with Crippen LogP contribution in [0.15, 0.2) is 66.9 Å². The SMILES string of the molecule is CC(C)[C@H](NC(=O)c1ccccc1)C(=O)N1CC=C(c2c[nH]c3ccccc23)CC1. The number of aromatic nitrogens is 1. The largest absolute Gasteiger partial charge is 0.361 e. The number of carbonyl (C=O) groups is 2. The molecular formula is C25H27N3O2. The highest BCUT2D eigenvalue weighted by Gasteiger charge is 2.30. The molecule has 5 nitrogen and oxygen atoms in total. The van der Waals surface area contributed by atoms with Crippen LogP contribution in [0.1, 0.15) is 36.2 Å². The van der Waals surface area contributed by atoms with Crippen molar-refractivity contribution in [3.05, 3.63) is 78.0 Å². The molecule has 5 heteroatoms. The molecule has 0 unspecified atom stereocenters. The molecule has 1 atom stereocenters. The quantitative estimate of drug-likeness (QED) is 0.672. The van der Waals surface area contributed by atoms with Crippen molar-refractivity contribution in [2.75, 3.05) is 13.1 Å². The van der Waals surface area contributed by atoms with Crippen LogP contribution in [0.4, 0.5) is 0 Å². The van der Waals surface area contributed by atoms with Crippen LogP contribution >= 0.6 is 0 Å². The second-order valence-corrected chi connectivity index (χ2v) is 8.07. The molecule has 1 aliphatic rings. The van der Waals surface area contributed by atoms with Crippen molar-refractivity contribution >= 4 is 28.3 Å². The smallest absolute Gasteiger partial charge is 0.251 e. The van der Waals surface area contributed by atoms with Gasteiger partial charge in [0.15, 0.2) is 0 Å². The van der Waals surface area contributed by atoms with Crippen molar-refractivity contribution in [3.63, 3.8) is 0 Å². The monoisotopic (exact) mass is 401 g/mol. The average molecular weight is 402 g/mol. The summed E-state index contributed by atoms with van der Waals surface area (Å²) in [4.78, 5) is 30.9. The highest BCUT2D eigenvalue weighted by atomic mass is 16.2. The van der Waals surface area contributed by atoms with Crippen molar-refractivity contribution in [2.45, 2.75) is 26.3 Å². The minimum atomic E-state index is -0.541. The van der Waals surface area contributed by atoms with Crippen molar-refractivity contribution in [3.8, 4) is 0 Å². The maximum atomic E-state index is 13.2. The number of aromatic amines is 1. The number of rotatable bonds is 5. The molecule has 0 saturated carbocycles. The van der Waals surface area contributed by atoms with Crippen molar-refractivity contribution in [2.24, 2.45) is 5.92 Å². The number of carbonyl (C=O) groups excluding carboxylic acids is 2. The van der Waals surface area contributed by atoms with Gasteiger partial charge in [0, 0.05) is 41.3 Å². The first kappa shape index (κ1) is 20.0. The van der Waals surface area contributed by atoms with Crippen LogP contribution in [-0.4, -0.2) is 40.8 Å². The topological polar surface area (TPSA) is 65.2 Å². The maximum absolute atomic E-state index is 13.2. The van der Waals surface area contributed by atoms with Crippen molar-refractivity contribution < 1.29 is 9.59 Å². The Balaban J connectivity index is 1.47. The Morgan fingerprint density at radius 2 is 1.77 bits per heavy atom. The summed E-state index contributed by atoms with van der Waals surface area (Å²) in [5, 5.41) is 4.14. The zero-order valence-electron chi connectivity index (χ0n) is 17.4. The van der Waals surface area contributed by atoms with E-state index in [0.717, 1.165) is 11.9 Å². The number of fused-ring (bicyclic) bond motifs is 1. The molecule has 1 aromatic heterocycles. The zero-order chi connectivity index (χ0) is 21.1. The zero-order valence-corrected chi connectivity index (χ0v) is 17.4. The predicted octanol–water partition coefficient (Wildman–Crippen LogP) is 4.24. The molecular weight excluding hydrogens is 374 g/mol. The number of hydrogen-bond acceptors (Lipinski definition) is 2. The Labute approximate surface area is 176 Å². The molecule has 0 saturated heterocycles. The van der Waals surface area contributed by atoms with E-state index in [0.29, 0.717) is 18.7 Å². The standard InChI is InChI=1S/C25H27N3O2/c1-17(2)23(27-24(29)19-8-4-3-5-9-19)25(30)28-14-12-18(13-15-28)21-16-26-22-11-7-6-10-20(21)22/h3-12,16-17,23,26H,13-15H2,1-2H3,(H,27,29)/t23-/m0/s1. The lowest BCUT2D eigenvalue weighted by atomic mass is 9.97. The van der Waals surface area contributed by atoms with E-state index in [1.165, 1.54) is 16.5 Å². The molecule has 0 fully saturated rings. The van der Waals surface area contributed by atoms with E-state index in [2.05, 4.69) is 28.5 Å². The molecule has 0 radical (unpaired) electrons. The summed E-state index contributed by atoms with van der Waals surface area (Å²) < 4.78 is 0. The summed E-state index contributed by atoms with van der Waals surface area (Å²) in [6.07, 6.45) is 4.98. The Kier molecular flexibility index (Phi) is 5.70. The fraction of sp³-hybridized carbons (Fsp3) is 0.280. The summed E-state index contributed by atoms with van der Waals surface area (Å²) in [6.45, 7) is 5.13. The molecule has 4 rings (SSSR count). The first-order valence-electron chi connectivity index (χ1n) is 10.4. The number of nitrogens with zero attached hydrogens (tertiary/aromatic N) is 1. The maximum Gasteiger partial charge on any atom is 0.251 e. The van der Waals surface area contributed by atoms with E-state index in [9.17, 15) is 9.59 Å². The van der Waals surface area contributed by atoms with E-state index in [-0.39, 0.29) is 17.7 Å². The summed E-state index contributed by atoms with van der Waals surface area (Å²) >= 11 is 0. The number of amides is 2. The van der Waals surface area contributed by atoms with Gasteiger partial charge >= 0.3 is 0 Å². The Bertz CT molecular complexity index is 1080. The first-order chi connectivity index (χ1) is 14.5. The molecule has 0 aliphatic carbocycles. The highest BCUT2D eigenvalue weighted by molar-refractivity contribution is 5.98. The van der Waals surface area contributed by atoms with Crippen molar-refractivity contribution in [1.82, 2.24) is 15.2 Å². The van der Waals surface area contributed by atoms with Gasteiger partial charge in [-0.15, -0.1) is 0 Å². The van der Waals surface area contributed by atoms with Gasteiger partial charge in [-0.3, -0.25) is 9.59 Å². The highest BCUT2D eigenvalue weighted by Crippen LogP contribution is 2.29. The van der Waals surface area contributed by atoms with Gasteiger partial charge in [0.1, 0.15) is 6.04 Å². The number of para-hydroxylation sites is 1. The molecule has 1 aliphatic heterocycles. The number of hydrogen-bond donors (Lipinski definition) is 2. The van der Waals surface area contributed by atoms with Gasteiger partial charge < -0.3 is 15.2 Å². The molecule has 3 aromatic rings. The second kappa shape index (κ2) is 8.57. The van der Waals surface area contributed by atoms with Gasteiger partial charge in [-0.1, -0.05) is 56.3 Å². The van der Waals surface area contributed by atoms with Gasteiger partial charge in [0.25, 0.3) is 5.91 Å². The van der Waals surface area contributed by atoms with Crippen LogP contribution in [0.5, 0.6) is 0 Å². The lowest BCUT2D eigenvalue weighted by molar-refractivity contribution is -0.133. The van der Waals surface area contributed by atoms with Crippen LogP contribution in [0.25, 0.3) is 16.5 Å². The average Bonchev–Trinajstić information content (AvgIpc) is 3.21. The lowest BCUT2D eigenvalue weighted by Gasteiger charge is -2.32. The van der Waals surface area contributed by atoms with Gasteiger partial charge in [-0.25, -0.2) is 0 Å². The van der Waals surface area contributed by atoms with E-state index in [1.807, 2.05) is 55.3 Å². The van der Waals surface area contributed by atoms with Crippen LogP contribution in [0, 0.1) is 5.92 Å². The molecule has 2 heterocycles. The van der Waals surface area contributed by atoms with Crippen LogP contribution in [0.3, 0.4) is 0 Å². The van der Waals surface area contributed by atoms with E-state index in [4.69, 9.17) is 0 Å². The van der Waals surface area contributed by atoms with E-state index >= 15 is 0 Å². The van der Waals surface area contributed by atoms with E-state index in [1.54, 1.807) is 12.1 Å². The van der Waals surface area contributed by atoms with Gasteiger partial charge in [-0.05, 0) is 36.1 Å². The fourth-order valence-electron chi connectivity index (χ4n) is 3.98. The third kappa shape index (κ3) is 4.01. The third-order valence-corrected chi connectivity index (χ3v) is 5.71. The van der Waals surface area contributed by atoms with Crippen molar-refractivity contribution in [1.29, 1.82) is 0 Å². The Morgan fingerprint density at radius 1 is 1.03 bits per heavy atom. The molecule has 2 aromatic carbocycles. The molecule has 2 amide bonds. The van der Waals surface area contributed by atoms with Crippen LogP contribution < -0.4 is 5.32 Å². The van der Waals surface area contributed by atoms with Crippen LogP contribution in [-0.2, 0) is 4.79 Å². The Morgan fingerprint density at radius 3 is 2.47 bits per heavy atom. The Hall–Kier alpha value is -3.34. The number of nitrogens with one attached hydrogen (secondary N) is 2. The van der Waals surface area contributed by atoms with Gasteiger partial charge in [-0.2, -0.15) is 0 Å². The predicted molar refractivity (Wildman–Crippen MR) is 120 cm³/mol. The number of benzene rings is 2. The summed E-state index contributed by atoms with van der Waals surface area (Å²) in [6, 6.07) is 16.7. The second-order valence-electron chi connectivity index (χ2n) is 8.07. The summed E-state index contributed by atoms with van der Waals surface area (Å²) in [7, 11) is 0. The molecule has 0 spiro atoms. The normalized spacial score (nSPS) is 15.2. The van der Waals surface area contributed by atoms with Gasteiger partial charge in [0.2, 0.25) is 5.91 Å². The number of H-pyrrole nitrogens is 1. The minimum Gasteiger partial charge on any atom is -0.361 e. The first-order valence-corrected chi connectivity index (χ1v) is 10.4. The third-order valence-electron chi connectivity index (χ3n) is 5.71. The summed E-state index contributed by atoms with van der Waals surface area (Å²) in [5.41, 5.74) is 4.15. The van der Waals surface area contributed by atoms with Crippen LogP contribution in [0.2, 0.25) is 0 Å². The molecule has 154 valence electrons. The molecule has 30 heavy (non-hydrogen) atoms. The molecule has 0 bridgehead atoms.